The molecule has 182 valence electrons. The lowest BCUT2D eigenvalue weighted by Gasteiger charge is -2.25. The summed E-state index contributed by atoms with van der Waals surface area (Å²) in [5.41, 5.74) is 0.267. The first-order chi connectivity index (χ1) is 15.8. The molecule has 1 aromatic heterocycles. The Labute approximate surface area is 201 Å². The molecule has 1 aromatic rings. The highest BCUT2D eigenvalue weighted by molar-refractivity contribution is 7.15. The number of hydrogen-bond acceptors (Lipinski definition) is 6. The van der Waals surface area contributed by atoms with Gasteiger partial charge >= 0.3 is 5.97 Å². The molecule has 0 aromatic carbocycles. The van der Waals surface area contributed by atoms with Crippen LogP contribution in [0.25, 0.3) is 0 Å². The van der Waals surface area contributed by atoms with Gasteiger partial charge in [0.1, 0.15) is 4.88 Å². The van der Waals surface area contributed by atoms with Crippen molar-refractivity contribution in [1.82, 2.24) is 0 Å². The third-order valence-corrected chi connectivity index (χ3v) is 7.55. The molecular formula is C26H37NO5S. The SMILES string of the molecule is COC(=O)c1sc(C#CC(C)(C)CCOC2CCOCC2)cc1NC(=O)C1CCC(C)CC1. The highest BCUT2D eigenvalue weighted by atomic mass is 32.1. The Morgan fingerprint density at radius 3 is 2.55 bits per heavy atom. The standard InChI is InChI=1S/C26H37NO5S/c1-18-5-7-19(8-6-18)24(28)27-22-17-21(33-23(22)25(29)30-4)9-12-26(2,3)13-16-32-20-10-14-31-15-11-20/h17-20H,5-8,10-11,13-16H2,1-4H3,(H,27,28). The zero-order valence-corrected chi connectivity index (χ0v) is 21.1. The second kappa shape index (κ2) is 12.0. The fourth-order valence-corrected chi connectivity index (χ4v) is 5.05. The topological polar surface area (TPSA) is 73.9 Å². The van der Waals surface area contributed by atoms with Gasteiger partial charge in [-0.3, -0.25) is 4.79 Å². The Bertz CT molecular complexity index is 867. The molecule has 1 saturated carbocycles. The largest absolute Gasteiger partial charge is 0.465 e. The van der Waals surface area contributed by atoms with Crippen molar-refractivity contribution in [2.45, 2.75) is 71.8 Å². The molecule has 2 fully saturated rings. The maximum absolute atomic E-state index is 12.8. The normalized spacial score (nSPS) is 21.7. The molecule has 1 aliphatic carbocycles. The van der Waals surface area contributed by atoms with Gasteiger partial charge in [0.05, 0.1) is 23.8 Å². The van der Waals surface area contributed by atoms with E-state index in [2.05, 4.69) is 37.9 Å². The lowest BCUT2D eigenvalue weighted by molar-refractivity contribution is -0.121. The van der Waals surface area contributed by atoms with Crippen molar-refractivity contribution in [3.8, 4) is 11.8 Å². The first-order valence-electron chi connectivity index (χ1n) is 12.0. The summed E-state index contributed by atoms with van der Waals surface area (Å²) in [4.78, 5) is 26.2. The van der Waals surface area contributed by atoms with Crippen LogP contribution in [0.15, 0.2) is 6.07 Å². The molecule has 0 unspecified atom stereocenters. The van der Waals surface area contributed by atoms with E-state index in [1.54, 1.807) is 6.07 Å². The average molecular weight is 476 g/mol. The summed E-state index contributed by atoms with van der Waals surface area (Å²) in [5, 5.41) is 2.97. The van der Waals surface area contributed by atoms with E-state index >= 15 is 0 Å². The van der Waals surface area contributed by atoms with Crippen LogP contribution in [0, 0.1) is 29.1 Å². The first kappa shape index (κ1) is 25.7. The van der Waals surface area contributed by atoms with E-state index in [9.17, 15) is 9.59 Å². The third kappa shape index (κ3) is 7.84. The summed E-state index contributed by atoms with van der Waals surface area (Å²) in [5.74, 6) is 6.73. The van der Waals surface area contributed by atoms with Crippen molar-refractivity contribution in [2.75, 3.05) is 32.2 Å². The van der Waals surface area contributed by atoms with Gasteiger partial charge in [-0.05, 0) is 70.8 Å². The van der Waals surface area contributed by atoms with Crippen LogP contribution in [-0.4, -0.2) is 44.9 Å². The second-order valence-corrected chi connectivity index (χ2v) is 10.9. The van der Waals surface area contributed by atoms with Crippen LogP contribution in [0.3, 0.4) is 0 Å². The summed E-state index contributed by atoms with van der Waals surface area (Å²) in [6.07, 6.45) is 6.91. The molecule has 0 atom stereocenters. The number of rotatable bonds is 7. The van der Waals surface area contributed by atoms with E-state index in [4.69, 9.17) is 14.2 Å². The van der Waals surface area contributed by atoms with Crippen molar-refractivity contribution >= 4 is 28.9 Å². The van der Waals surface area contributed by atoms with Crippen molar-refractivity contribution in [3.05, 3.63) is 15.8 Å². The van der Waals surface area contributed by atoms with Gasteiger partial charge in [0.2, 0.25) is 5.91 Å². The van der Waals surface area contributed by atoms with Crippen molar-refractivity contribution in [1.29, 1.82) is 0 Å². The van der Waals surface area contributed by atoms with Crippen molar-refractivity contribution in [3.63, 3.8) is 0 Å². The van der Waals surface area contributed by atoms with Gasteiger partial charge in [-0.1, -0.05) is 18.8 Å². The zero-order valence-electron chi connectivity index (χ0n) is 20.3. The molecule has 3 rings (SSSR count). The quantitative estimate of drug-likeness (QED) is 0.430. The fourth-order valence-electron chi connectivity index (χ4n) is 4.16. The Kier molecular flexibility index (Phi) is 9.37. The molecule has 6 nitrogen and oxygen atoms in total. The number of ether oxygens (including phenoxy) is 3. The number of thiophene rings is 1. The second-order valence-electron chi connectivity index (χ2n) is 9.86. The Morgan fingerprint density at radius 2 is 1.88 bits per heavy atom. The van der Waals surface area contributed by atoms with Crippen LogP contribution in [0.4, 0.5) is 5.69 Å². The van der Waals surface area contributed by atoms with E-state index in [1.165, 1.54) is 18.4 Å². The molecule has 7 heteroatoms. The lowest BCUT2D eigenvalue weighted by atomic mass is 9.82. The molecule has 0 spiro atoms. The Morgan fingerprint density at radius 1 is 1.18 bits per heavy atom. The predicted octanol–water partition coefficient (Wildman–Crippen LogP) is 5.26. The molecule has 2 aliphatic rings. The number of anilines is 1. The summed E-state index contributed by atoms with van der Waals surface area (Å²) >= 11 is 1.26. The minimum atomic E-state index is -0.454. The number of carbonyl (C=O) groups excluding carboxylic acids is 2. The minimum absolute atomic E-state index is 0.00390. The molecule has 1 aliphatic heterocycles. The van der Waals surface area contributed by atoms with Crippen LogP contribution in [0.2, 0.25) is 0 Å². The monoisotopic (exact) mass is 475 g/mol. The van der Waals surface area contributed by atoms with Crippen LogP contribution in [-0.2, 0) is 19.0 Å². The van der Waals surface area contributed by atoms with E-state index in [0.717, 1.165) is 63.0 Å². The number of esters is 1. The summed E-state index contributed by atoms with van der Waals surface area (Å²) < 4.78 is 16.3. The van der Waals surface area contributed by atoms with Crippen LogP contribution in [0.5, 0.6) is 0 Å². The minimum Gasteiger partial charge on any atom is -0.465 e. The summed E-state index contributed by atoms with van der Waals surface area (Å²) in [7, 11) is 1.35. The van der Waals surface area contributed by atoms with Gasteiger partial charge < -0.3 is 19.5 Å². The smallest absolute Gasteiger partial charge is 0.350 e. The van der Waals surface area contributed by atoms with Gasteiger partial charge in [0, 0.05) is 31.2 Å². The fraction of sp³-hybridized carbons (Fsp3) is 0.692. The van der Waals surface area contributed by atoms with Gasteiger partial charge in [0.15, 0.2) is 0 Å². The van der Waals surface area contributed by atoms with Gasteiger partial charge in [0.25, 0.3) is 0 Å². The Hall–Kier alpha value is -1.88. The average Bonchev–Trinajstić information content (AvgIpc) is 3.21. The number of carbonyl (C=O) groups is 2. The van der Waals surface area contributed by atoms with Gasteiger partial charge in [-0.15, -0.1) is 11.3 Å². The van der Waals surface area contributed by atoms with Crippen LogP contribution < -0.4 is 5.32 Å². The van der Waals surface area contributed by atoms with E-state index in [0.29, 0.717) is 23.1 Å². The molecular weight excluding hydrogens is 438 g/mol. The number of methoxy groups -OCH3 is 1. The maximum Gasteiger partial charge on any atom is 0.350 e. The highest BCUT2D eigenvalue weighted by Gasteiger charge is 2.26. The van der Waals surface area contributed by atoms with E-state index < -0.39 is 5.97 Å². The highest BCUT2D eigenvalue weighted by Crippen LogP contribution is 2.32. The van der Waals surface area contributed by atoms with Gasteiger partial charge in [-0.25, -0.2) is 4.79 Å². The molecule has 0 bridgehead atoms. The molecule has 0 radical (unpaired) electrons. The van der Waals surface area contributed by atoms with Crippen LogP contribution >= 0.6 is 11.3 Å². The predicted molar refractivity (Wildman–Crippen MR) is 130 cm³/mol. The Balaban J connectivity index is 1.63. The third-order valence-electron chi connectivity index (χ3n) is 6.52. The number of hydrogen-bond donors (Lipinski definition) is 1. The van der Waals surface area contributed by atoms with Gasteiger partial charge in [-0.2, -0.15) is 0 Å². The van der Waals surface area contributed by atoms with Crippen LogP contribution in [0.1, 0.15) is 80.3 Å². The lowest BCUT2D eigenvalue weighted by Crippen LogP contribution is -2.27. The van der Waals surface area contributed by atoms with Crippen molar-refractivity contribution in [2.24, 2.45) is 17.3 Å². The zero-order chi connectivity index (χ0) is 23.8. The molecule has 33 heavy (non-hydrogen) atoms. The van der Waals surface area contributed by atoms with E-state index in [-0.39, 0.29) is 23.3 Å². The molecule has 2 heterocycles. The maximum atomic E-state index is 12.8. The molecule has 1 amide bonds. The molecule has 1 N–H and O–H groups in total. The van der Waals surface area contributed by atoms with E-state index in [1.807, 2.05) is 0 Å². The summed E-state index contributed by atoms with van der Waals surface area (Å²) in [6.45, 7) is 8.61. The molecule has 1 saturated heterocycles. The first-order valence-corrected chi connectivity index (χ1v) is 12.8. The summed E-state index contributed by atoms with van der Waals surface area (Å²) in [6, 6.07) is 1.79. The number of nitrogens with one attached hydrogen (secondary N) is 1. The van der Waals surface area contributed by atoms with Crippen molar-refractivity contribution < 1.29 is 23.8 Å². The number of amides is 1.